The number of nitrogens with one attached hydrogen (secondary N) is 1. The van der Waals surface area contributed by atoms with E-state index in [4.69, 9.17) is 4.74 Å². The zero-order valence-electron chi connectivity index (χ0n) is 18.1. The number of hydrogen-bond donors (Lipinski definition) is 1. The van der Waals surface area contributed by atoms with Gasteiger partial charge >= 0.3 is 0 Å². The summed E-state index contributed by atoms with van der Waals surface area (Å²) in [5, 5.41) is 12.2. The molecule has 1 N–H and O–H groups in total. The molecule has 2 aromatic carbocycles. The molecule has 0 saturated carbocycles. The van der Waals surface area contributed by atoms with Gasteiger partial charge in [0.1, 0.15) is 5.75 Å². The Labute approximate surface area is 186 Å². The summed E-state index contributed by atoms with van der Waals surface area (Å²) in [5.74, 6) is 1.46. The fraction of sp³-hybridized carbons (Fsp3) is 0.304. The molecule has 8 heteroatoms. The summed E-state index contributed by atoms with van der Waals surface area (Å²) in [6.07, 6.45) is 0. The third-order valence-corrected chi connectivity index (χ3v) is 5.90. The highest BCUT2D eigenvalue weighted by Crippen LogP contribution is 2.22. The van der Waals surface area contributed by atoms with E-state index in [-0.39, 0.29) is 23.5 Å². The van der Waals surface area contributed by atoms with Crippen molar-refractivity contribution in [3.8, 4) is 5.75 Å². The lowest BCUT2D eigenvalue weighted by molar-refractivity contribution is 0.0936. The molecule has 0 aliphatic rings. The second-order valence-corrected chi connectivity index (χ2v) is 7.98. The van der Waals surface area contributed by atoms with E-state index in [1.807, 2.05) is 43.5 Å². The Balaban J connectivity index is 1.67. The quantitative estimate of drug-likeness (QED) is 0.400. The Kier molecular flexibility index (Phi) is 7.46. The van der Waals surface area contributed by atoms with Crippen LogP contribution in [0.2, 0.25) is 0 Å². The molecule has 3 aromatic rings. The van der Waals surface area contributed by atoms with Gasteiger partial charge in [0.15, 0.2) is 16.8 Å². The van der Waals surface area contributed by atoms with E-state index >= 15 is 0 Å². The Bertz CT molecular complexity index is 1060. The summed E-state index contributed by atoms with van der Waals surface area (Å²) < 4.78 is 7.05. The highest BCUT2D eigenvalue weighted by Gasteiger charge is 2.21. The van der Waals surface area contributed by atoms with Gasteiger partial charge in [0, 0.05) is 17.7 Å². The lowest BCUT2D eigenvalue weighted by atomic mass is 10.1. The Morgan fingerprint density at radius 1 is 1.13 bits per heavy atom. The predicted octanol–water partition coefficient (Wildman–Crippen LogP) is 4.08. The van der Waals surface area contributed by atoms with E-state index in [1.165, 1.54) is 11.8 Å². The monoisotopic (exact) mass is 438 g/mol. The van der Waals surface area contributed by atoms with Gasteiger partial charge in [0.05, 0.1) is 18.9 Å². The van der Waals surface area contributed by atoms with Crippen LogP contribution in [0.1, 0.15) is 52.0 Å². The summed E-state index contributed by atoms with van der Waals surface area (Å²) in [5.41, 5.74) is 2.17. The predicted molar refractivity (Wildman–Crippen MR) is 121 cm³/mol. The highest BCUT2D eigenvalue weighted by atomic mass is 32.2. The Morgan fingerprint density at radius 2 is 1.84 bits per heavy atom. The molecular weight excluding hydrogens is 412 g/mol. The molecule has 1 unspecified atom stereocenters. The average molecular weight is 439 g/mol. The molecule has 0 bridgehead atoms. The van der Waals surface area contributed by atoms with Gasteiger partial charge in [-0.2, -0.15) is 0 Å². The number of ether oxygens (including phenoxy) is 1. The number of rotatable bonds is 9. The molecule has 0 radical (unpaired) electrons. The summed E-state index contributed by atoms with van der Waals surface area (Å²) in [4.78, 5) is 25.2. The zero-order chi connectivity index (χ0) is 22.4. The van der Waals surface area contributed by atoms with Crippen molar-refractivity contribution in [2.75, 3.05) is 12.9 Å². The van der Waals surface area contributed by atoms with Crippen molar-refractivity contribution in [1.82, 2.24) is 20.1 Å². The maximum absolute atomic E-state index is 12.6. The van der Waals surface area contributed by atoms with Crippen LogP contribution in [0.5, 0.6) is 5.75 Å². The average Bonchev–Trinajstić information content (AvgIpc) is 3.20. The number of carbonyl (C=O) groups excluding carboxylic acids is 2. The first kappa shape index (κ1) is 22.6. The molecule has 1 heterocycles. The molecule has 0 fully saturated rings. The normalized spacial score (nSPS) is 11.7. The van der Waals surface area contributed by atoms with E-state index in [9.17, 15) is 9.59 Å². The summed E-state index contributed by atoms with van der Waals surface area (Å²) in [6, 6.07) is 14.2. The first-order valence-corrected chi connectivity index (χ1v) is 11.0. The lowest BCUT2D eigenvalue weighted by Gasteiger charge is -2.16. The molecule has 1 atom stereocenters. The summed E-state index contributed by atoms with van der Waals surface area (Å²) in [7, 11) is 1.59. The third-order valence-electron chi connectivity index (χ3n) is 4.93. The van der Waals surface area contributed by atoms with Gasteiger partial charge in [0.2, 0.25) is 0 Å². The van der Waals surface area contributed by atoms with Gasteiger partial charge in [-0.1, -0.05) is 30.0 Å². The van der Waals surface area contributed by atoms with Crippen LogP contribution in [0.3, 0.4) is 0 Å². The first-order valence-electron chi connectivity index (χ1n) is 10.0. The van der Waals surface area contributed by atoms with Crippen molar-refractivity contribution in [3.05, 3.63) is 71.0 Å². The lowest BCUT2D eigenvalue weighted by Crippen LogP contribution is -2.29. The van der Waals surface area contributed by atoms with Crippen LogP contribution in [0.4, 0.5) is 0 Å². The van der Waals surface area contributed by atoms with Crippen LogP contribution in [-0.4, -0.2) is 39.3 Å². The van der Waals surface area contributed by atoms with E-state index in [2.05, 4.69) is 15.5 Å². The second-order valence-electron chi connectivity index (χ2n) is 7.04. The molecule has 0 aliphatic heterocycles. The summed E-state index contributed by atoms with van der Waals surface area (Å²) in [6.45, 7) is 6.40. The number of hydrogen-bond acceptors (Lipinski definition) is 6. The standard InChI is InChI=1S/C23H26N4O3S/c1-5-27-21(16(3)24-22(29)19-9-7-6-8-15(19)2)25-26-23(27)31-14-20(28)17-10-12-18(30-4)13-11-17/h6-13,16H,5,14H2,1-4H3,(H,24,29). The maximum Gasteiger partial charge on any atom is 0.252 e. The molecule has 7 nitrogen and oxygen atoms in total. The number of aromatic nitrogens is 3. The van der Waals surface area contributed by atoms with Crippen molar-refractivity contribution >= 4 is 23.5 Å². The highest BCUT2D eigenvalue weighted by molar-refractivity contribution is 7.99. The van der Waals surface area contributed by atoms with E-state index in [1.54, 1.807) is 37.4 Å². The molecule has 0 spiro atoms. The Hall–Kier alpha value is -3.13. The number of carbonyl (C=O) groups is 2. The molecular formula is C23H26N4O3S. The molecule has 162 valence electrons. The number of benzene rings is 2. The van der Waals surface area contributed by atoms with Crippen molar-refractivity contribution < 1.29 is 14.3 Å². The van der Waals surface area contributed by atoms with Gasteiger partial charge < -0.3 is 14.6 Å². The minimum Gasteiger partial charge on any atom is -0.497 e. The van der Waals surface area contributed by atoms with Crippen molar-refractivity contribution in [1.29, 1.82) is 0 Å². The van der Waals surface area contributed by atoms with Gasteiger partial charge in [-0.15, -0.1) is 10.2 Å². The smallest absolute Gasteiger partial charge is 0.252 e. The molecule has 0 aliphatic carbocycles. The minimum absolute atomic E-state index is 0.000704. The van der Waals surface area contributed by atoms with Gasteiger partial charge in [-0.25, -0.2) is 0 Å². The van der Waals surface area contributed by atoms with Crippen LogP contribution in [0.15, 0.2) is 53.7 Å². The number of ketones is 1. The molecule has 1 aromatic heterocycles. The van der Waals surface area contributed by atoms with Gasteiger partial charge in [0.25, 0.3) is 5.91 Å². The van der Waals surface area contributed by atoms with Crippen LogP contribution in [0.25, 0.3) is 0 Å². The van der Waals surface area contributed by atoms with E-state index < -0.39 is 0 Å². The number of Topliss-reactive ketones (excluding diaryl/α,β-unsaturated/α-hetero) is 1. The van der Waals surface area contributed by atoms with E-state index in [0.717, 1.165) is 5.56 Å². The van der Waals surface area contributed by atoms with Crippen LogP contribution < -0.4 is 10.1 Å². The molecule has 0 saturated heterocycles. The molecule has 1 amide bonds. The number of thioether (sulfide) groups is 1. The van der Waals surface area contributed by atoms with Crippen LogP contribution in [0, 0.1) is 6.92 Å². The number of aryl methyl sites for hydroxylation is 1. The Morgan fingerprint density at radius 3 is 2.48 bits per heavy atom. The molecule has 31 heavy (non-hydrogen) atoms. The fourth-order valence-electron chi connectivity index (χ4n) is 3.18. The largest absolute Gasteiger partial charge is 0.497 e. The number of amides is 1. The first-order chi connectivity index (χ1) is 14.9. The van der Waals surface area contributed by atoms with Crippen molar-refractivity contribution in [2.24, 2.45) is 0 Å². The topological polar surface area (TPSA) is 86.1 Å². The fourth-order valence-corrected chi connectivity index (χ4v) is 4.09. The second kappa shape index (κ2) is 10.3. The van der Waals surface area contributed by atoms with Crippen LogP contribution >= 0.6 is 11.8 Å². The third kappa shape index (κ3) is 5.32. The van der Waals surface area contributed by atoms with E-state index in [0.29, 0.717) is 34.4 Å². The maximum atomic E-state index is 12.6. The summed E-state index contributed by atoms with van der Waals surface area (Å²) >= 11 is 1.34. The zero-order valence-corrected chi connectivity index (χ0v) is 18.9. The number of methoxy groups -OCH3 is 1. The van der Waals surface area contributed by atoms with Crippen molar-refractivity contribution in [2.45, 2.75) is 38.5 Å². The SMILES string of the molecule is CCn1c(SCC(=O)c2ccc(OC)cc2)nnc1C(C)NC(=O)c1ccccc1C. The minimum atomic E-state index is -0.328. The number of nitrogens with zero attached hydrogens (tertiary/aromatic N) is 3. The van der Waals surface area contributed by atoms with Gasteiger partial charge in [-0.3, -0.25) is 9.59 Å². The van der Waals surface area contributed by atoms with Crippen LogP contribution in [-0.2, 0) is 6.54 Å². The van der Waals surface area contributed by atoms with Gasteiger partial charge in [-0.05, 0) is 56.7 Å². The molecule has 3 rings (SSSR count). The van der Waals surface area contributed by atoms with Crippen molar-refractivity contribution in [3.63, 3.8) is 0 Å².